The second-order valence-corrected chi connectivity index (χ2v) is 2.88. The van der Waals surface area contributed by atoms with Crippen molar-refractivity contribution in [2.45, 2.75) is 45.3 Å². The molecule has 2 nitrogen and oxygen atoms in total. The number of hydrogen-bond acceptors (Lipinski definition) is 2. The average molecular weight is 158 g/mol. The third-order valence-electron chi connectivity index (χ3n) is 1.52. The Bertz CT molecular complexity index is 108. The largest absolute Gasteiger partial charge is 0.393 e. The molecule has 2 unspecified atom stereocenters. The molecule has 0 aromatic rings. The molecule has 66 valence electrons. The van der Waals surface area contributed by atoms with Crippen molar-refractivity contribution in [2.24, 2.45) is 0 Å². The van der Waals surface area contributed by atoms with E-state index in [0.29, 0.717) is 6.42 Å². The molecule has 0 saturated heterocycles. The van der Waals surface area contributed by atoms with E-state index in [9.17, 15) is 5.11 Å². The normalized spacial score (nSPS) is 17.1. The zero-order chi connectivity index (χ0) is 8.69. The van der Waals surface area contributed by atoms with Gasteiger partial charge in [0.2, 0.25) is 0 Å². The lowest BCUT2D eigenvalue weighted by Crippen LogP contribution is -2.14. The van der Waals surface area contributed by atoms with E-state index in [1.54, 1.807) is 6.92 Å². The summed E-state index contributed by atoms with van der Waals surface area (Å²) in [6.07, 6.45) is 5.36. The van der Waals surface area contributed by atoms with Crippen molar-refractivity contribution in [1.29, 1.82) is 0 Å². The first-order chi connectivity index (χ1) is 5.16. The fourth-order valence-corrected chi connectivity index (χ4v) is 0.967. The maximum Gasteiger partial charge on any atom is 0.0567 e. The van der Waals surface area contributed by atoms with Crippen LogP contribution in [0.25, 0.3) is 0 Å². The van der Waals surface area contributed by atoms with Crippen molar-refractivity contribution >= 4 is 0 Å². The SMILES string of the molecule is CC=CCCC(O)CC(C)O. The topological polar surface area (TPSA) is 40.5 Å². The summed E-state index contributed by atoms with van der Waals surface area (Å²) in [5, 5.41) is 18.2. The van der Waals surface area contributed by atoms with Gasteiger partial charge in [0, 0.05) is 0 Å². The molecule has 2 atom stereocenters. The minimum Gasteiger partial charge on any atom is -0.393 e. The van der Waals surface area contributed by atoms with Crippen LogP contribution in [0.1, 0.15) is 33.1 Å². The van der Waals surface area contributed by atoms with E-state index < -0.39 is 6.10 Å². The molecule has 11 heavy (non-hydrogen) atoms. The lowest BCUT2D eigenvalue weighted by molar-refractivity contribution is 0.0859. The molecule has 0 amide bonds. The number of aliphatic hydroxyl groups is 2. The van der Waals surface area contributed by atoms with Gasteiger partial charge in [-0.3, -0.25) is 0 Å². The maximum absolute atomic E-state index is 9.25. The van der Waals surface area contributed by atoms with Gasteiger partial charge in [0.05, 0.1) is 12.2 Å². The molecule has 0 heterocycles. The van der Waals surface area contributed by atoms with Gasteiger partial charge < -0.3 is 10.2 Å². The van der Waals surface area contributed by atoms with E-state index in [1.807, 2.05) is 19.1 Å². The Morgan fingerprint density at radius 3 is 2.45 bits per heavy atom. The molecule has 2 N–H and O–H groups in total. The standard InChI is InChI=1S/C9H18O2/c1-3-4-5-6-9(11)7-8(2)10/h3-4,8-11H,5-7H2,1-2H3. The van der Waals surface area contributed by atoms with Crippen LogP contribution in [-0.2, 0) is 0 Å². The highest BCUT2D eigenvalue weighted by atomic mass is 16.3. The Kier molecular flexibility index (Phi) is 6.18. The first kappa shape index (κ1) is 10.7. The Morgan fingerprint density at radius 2 is 2.00 bits per heavy atom. The first-order valence-electron chi connectivity index (χ1n) is 4.14. The van der Waals surface area contributed by atoms with Crippen molar-refractivity contribution in [2.75, 3.05) is 0 Å². The van der Waals surface area contributed by atoms with Crippen molar-refractivity contribution in [3.05, 3.63) is 12.2 Å². The minimum absolute atomic E-state index is 0.355. The molecule has 0 aromatic heterocycles. The second-order valence-electron chi connectivity index (χ2n) is 2.88. The van der Waals surface area contributed by atoms with Gasteiger partial charge in [0.15, 0.2) is 0 Å². The van der Waals surface area contributed by atoms with Gasteiger partial charge in [-0.25, -0.2) is 0 Å². The molecule has 2 heteroatoms. The Hall–Kier alpha value is -0.340. The lowest BCUT2D eigenvalue weighted by Gasteiger charge is -2.10. The van der Waals surface area contributed by atoms with Crippen molar-refractivity contribution in [3.63, 3.8) is 0 Å². The van der Waals surface area contributed by atoms with Crippen LogP contribution >= 0.6 is 0 Å². The summed E-state index contributed by atoms with van der Waals surface area (Å²) in [6.45, 7) is 3.65. The number of hydrogen-bond donors (Lipinski definition) is 2. The molecular formula is C9H18O2. The van der Waals surface area contributed by atoms with Gasteiger partial charge >= 0.3 is 0 Å². The molecule has 0 aliphatic rings. The molecule has 0 aliphatic heterocycles. The van der Waals surface area contributed by atoms with Gasteiger partial charge in [-0.15, -0.1) is 0 Å². The van der Waals surface area contributed by atoms with Crippen LogP contribution in [-0.4, -0.2) is 22.4 Å². The highest BCUT2D eigenvalue weighted by molar-refractivity contribution is 4.78. The van der Waals surface area contributed by atoms with Gasteiger partial charge in [0.1, 0.15) is 0 Å². The molecule has 0 bridgehead atoms. The van der Waals surface area contributed by atoms with E-state index in [4.69, 9.17) is 5.11 Å². The zero-order valence-electron chi connectivity index (χ0n) is 7.33. The second kappa shape index (κ2) is 6.38. The number of allylic oxidation sites excluding steroid dienone is 2. The van der Waals surface area contributed by atoms with Crippen LogP contribution in [0.15, 0.2) is 12.2 Å². The summed E-state index contributed by atoms with van der Waals surface area (Å²) in [7, 11) is 0. The molecule has 0 fully saturated rings. The third-order valence-corrected chi connectivity index (χ3v) is 1.52. The van der Waals surface area contributed by atoms with Gasteiger partial charge in [-0.1, -0.05) is 12.2 Å². The van der Waals surface area contributed by atoms with E-state index in [0.717, 1.165) is 12.8 Å². The summed E-state index contributed by atoms with van der Waals surface area (Å²) in [5.41, 5.74) is 0. The van der Waals surface area contributed by atoms with Crippen LogP contribution in [0.5, 0.6) is 0 Å². The summed E-state index contributed by atoms with van der Waals surface area (Å²) < 4.78 is 0. The van der Waals surface area contributed by atoms with Gasteiger partial charge in [-0.2, -0.15) is 0 Å². The average Bonchev–Trinajstić information content (AvgIpc) is 1.86. The molecule has 0 saturated carbocycles. The van der Waals surface area contributed by atoms with Crippen LogP contribution in [0.2, 0.25) is 0 Å². The number of rotatable bonds is 5. The van der Waals surface area contributed by atoms with E-state index in [-0.39, 0.29) is 6.10 Å². The minimum atomic E-state index is -0.393. The van der Waals surface area contributed by atoms with E-state index >= 15 is 0 Å². The van der Waals surface area contributed by atoms with Crippen LogP contribution < -0.4 is 0 Å². The molecular weight excluding hydrogens is 140 g/mol. The van der Waals surface area contributed by atoms with E-state index in [1.165, 1.54) is 0 Å². The van der Waals surface area contributed by atoms with Crippen LogP contribution in [0, 0.1) is 0 Å². The highest BCUT2D eigenvalue weighted by Crippen LogP contribution is 2.05. The molecule has 0 aromatic carbocycles. The predicted molar refractivity (Wildman–Crippen MR) is 46.4 cm³/mol. The number of aliphatic hydroxyl groups excluding tert-OH is 2. The third kappa shape index (κ3) is 7.56. The fraction of sp³-hybridized carbons (Fsp3) is 0.778. The predicted octanol–water partition coefficient (Wildman–Crippen LogP) is 1.47. The lowest BCUT2D eigenvalue weighted by atomic mass is 10.1. The van der Waals surface area contributed by atoms with Crippen molar-refractivity contribution in [1.82, 2.24) is 0 Å². The van der Waals surface area contributed by atoms with Gasteiger partial charge in [-0.05, 0) is 33.1 Å². The van der Waals surface area contributed by atoms with Crippen molar-refractivity contribution in [3.8, 4) is 0 Å². The van der Waals surface area contributed by atoms with Crippen LogP contribution in [0.3, 0.4) is 0 Å². The molecule has 0 aliphatic carbocycles. The molecule has 0 radical (unpaired) electrons. The van der Waals surface area contributed by atoms with Crippen LogP contribution in [0.4, 0.5) is 0 Å². The van der Waals surface area contributed by atoms with Gasteiger partial charge in [0.25, 0.3) is 0 Å². The fourth-order valence-electron chi connectivity index (χ4n) is 0.967. The first-order valence-corrected chi connectivity index (χ1v) is 4.14. The quantitative estimate of drug-likeness (QED) is 0.595. The Morgan fingerprint density at radius 1 is 1.36 bits per heavy atom. The maximum atomic E-state index is 9.25. The van der Waals surface area contributed by atoms with Crippen molar-refractivity contribution < 1.29 is 10.2 Å². The monoisotopic (exact) mass is 158 g/mol. The summed E-state index contributed by atoms with van der Waals surface area (Å²) >= 11 is 0. The zero-order valence-corrected chi connectivity index (χ0v) is 7.33. The molecule has 0 rings (SSSR count). The summed E-state index contributed by atoms with van der Waals surface area (Å²) in [4.78, 5) is 0. The highest BCUT2D eigenvalue weighted by Gasteiger charge is 2.05. The summed E-state index contributed by atoms with van der Waals surface area (Å²) in [5.74, 6) is 0. The Labute approximate surface area is 68.6 Å². The smallest absolute Gasteiger partial charge is 0.0567 e. The Balaban J connectivity index is 3.29. The molecule has 0 spiro atoms. The summed E-state index contributed by atoms with van der Waals surface area (Å²) in [6, 6.07) is 0. The van der Waals surface area contributed by atoms with E-state index in [2.05, 4.69) is 0 Å².